The molecule has 1 aromatic carbocycles. The van der Waals surface area contributed by atoms with Crippen LogP contribution in [-0.2, 0) is 5.79 Å². The first kappa shape index (κ1) is 8.14. The van der Waals surface area contributed by atoms with Gasteiger partial charge in [-0.05, 0) is 19.1 Å². The van der Waals surface area contributed by atoms with Crippen LogP contribution in [-0.4, -0.2) is 0 Å². The summed E-state index contributed by atoms with van der Waals surface area (Å²) in [6.45, 7) is 1.22. The maximum absolute atomic E-state index is 12.9. The number of halogens is 2. The normalized spacial score (nSPS) is 16.0. The van der Waals surface area contributed by atoms with Gasteiger partial charge in [0.15, 0.2) is 5.79 Å². The van der Waals surface area contributed by atoms with Gasteiger partial charge in [0.2, 0.25) is 0 Å². The molecule has 2 N–H and O–H groups in total. The third kappa shape index (κ3) is 1.98. The fourth-order valence-corrected chi connectivity index (χ4v) is 0.776. The molecule has 0 bridgehead atoms. The van der Waals surface area contributed by atoms with Gasteiger partial charge < -0.3 is 0 Å². The second-order valence-electron chi connectivity index (χ2n) is 2.58. The fraction of sp³-hybridized carbons (Fsp3) is 0.250. The van der Waals surface area contributed by atoms with Crippen molar-refractivity contribution in [2.24, 2.45) is 5.73 Å². The number of nitrogens with two attached hydrogens (primary N) is 1. The van der Waals surface area contributed by atoms with Crippen molar-refractivity contribution in [3.05, 3.63) is 35.6 Å². The zero-order chi connectivity index (χ0) is 8.48. The maximum Gasteiger partial charge on any atom is 0.182 e. The number of benzene rings is 1. The number of rotatable bonds is 1. The van der Waals surface area contributed by atoms with E-state index in [1.807, 2.05) is 0 Å². The molecule has 0 aliphatic rings. The summed E-state index contributed by atoms with van der Waals surface area (Å²) in [5, 5.41) is 0. The summed E-state index contributed by atoms with van der Waals surface area (Å²) in [4.78, 5) is 0. The van der Waals surface area contributed by atoms with Crippen LogP contribution in [0, 0.1) is 5.82 Å². The highest BCUT2D eigenvalue weighted by atomic mass is 19.1. The second-order valence-corrected chi connectivity index (χ2v) is 2.58. The van der Waals surface area contributed by atoms with Crippen LogP contribution in [0.4, 0.5) is 8.78 Å². The number of alkyl halides is 1. The topological polar surface area (TPSA) is 26.0 Å². The standard InChI is InChI=1S/C8H9F2N/c1-8(10,11)6-2-4-7(9)5-3-6/h2-5H,11H2,1H3/t8-/m1/s1. The predicted octanol–water partition coefficient (Wildman–Crippen LogP) is 1.93. The van der Waals surface area contributed by atoms with Crippen LogP contribution < -0.4 is 5.73 Å². The van der Waals surface area contributed by atoms with Crippen LogP contribution in [0.2, 0.25) is 0 Å². The summed E-state index contributed by atoms with van der Waals surface area (Å²) in [5.74, 6) is -2.27. The molecule has 1 nitrogen and oxygen atoms in total. The molecule has 0 spiro atoms. The van der Waals surface area contributed by atoms with Gasteiger partial charge in [0, 0.05) is 5.56 Å². The lowest BCUT2D eigenvalue weighted by atomic mass is 10.1. The van der Waals surface area contributed by atoms with E-state index in [4.69, 9.17) is 5.73 Å². The smallest absolute Gasteiger partial charge is 0.182 e. The molecule has 0 unspecified atom stereocenters. The Morgan fingerprint density at radius 2 is 1.73 bits per heavy atom. The van der Waals surface area contributed by atoms with E-state index in [9.17, 15) is 8.78 Å². The van der Waals surface area contributed by atoms with Crippen molar-refractivity contribution in [2.45, 2.75) is 12.7 Å². The molecule has 0 aliphatic heterocycles. The quantitative estimate of drug-likeness (QED) is 0.619. The average molecular weight is 157 g/mol. The molecule has 0 saturated carbocycles. The third-order valence-electron chi connectivity index (χ3n) is 1.41. The molecule has 1 rings (SSSR count). The van der Waals surface area contributed by atoms with E-state index in [0.717, 1.165) is 0 Å². The molecule has 0 aliphatic carbocycles. The van der Waals surface area contributed by atoms with Crippen molar-refractivity contribution < 1.29 is 8.78 Å². The van der Waals surface area contributed by atoms with Crippen molar-refractivity contribution in [1.82, 2.24) is 0 Å². The Morgan fingerprint density at radius 3 is 2.09 bits per heavy atom. The molecular formula is C8H9F2N. The van der Waals surface area contributed by atoms with Gasteiger partial charge >= 0.3 is 0 Å². The molecule has 0 radical (unpaired) electrons. The van der Waals surface area contributed by atoms with E-state index in [1.165, 1.54) is 31.2 Å². The lowest BCUT2D eigenvalue weighted by molar-refractivity contribution is 0.203. The summed E-state index contributed by atoms with van der Waals surface area (Å²) in [6, 6.07) is 5.02. The van der Waals surface area contributed by atoms with E-state index in [1.54, 1.807) is 0 Å². The highest BCUT2D eigenvalue weighted by Crippen LogP contribution is 2.18. The Labute approximate surface area is 63.8 Å². The van der Waals surface area contributed by atoms with Crippen LogP contribution in [0.5, 0.6) is 0 Å². The van der Waals surface area contributed by atoms with Gasteiger partial charge in [-0.1, -0.05) is 12.1 Å². The van der Waals surface area contributed by atoms with E-state index in [0.29, 0.717) is 0 Å². The SMILES string of the molecule is C[C@](N)(F)c1ccc(F)cc1. The van der Waals surface area contributed by atoms with Crippen molar-refractivity contribution in [2.75, 3.05) is 0 Å². The minimum atomic E-state index is -1.88. The summed E-state index contributed by atoms with van der Waals surface area (Å²) < 4.78 is 25.2. The van der Waals surface area contributed by atoms with E-state index in [-0.39, 0.29) is 5.56 Å². The molecule has 3 heteroatoms. The Morgan fingerprint density at radius 1 is 1.27 bits per heavy atom. The Balaban J connectivity index is 2.99. The average Bonchev–Trinajstić information content (AvgIpc) is 1.86. The molecule has 60 valence electrons. The zero-order valence-corrected chi connectivity index (χ0v) is 6.14. The highest BCUT2D eigenvalue weighted by Gasteiger charge is 2.18. The van der Waals surface area contributed by atoms with Gasteiger partial charge in [-0.15, -0.1) is 0 Å². The van der Waals surface area contributed by atoms with Crippen molar-refractivity contribution in [1.29, 1.82) is 0 Å². The van der Waals surface area contributed by atoms with Crippen molar-refractivity contribution in [3.63, 3.8) is 0 Å². The molecule has 0 saturated heterocycles. The summed E-state index contributed by atoms with van der Waals surface area (Å²) >= 11 is 0. The Bertz CT molecular complexity index is 235. The number of hydrogen-bond acceptors (Lipinski definition) is 1. The molecule has 0 amide bonds. The van der Waals surface area contributed by atoms with E-state index < -0.39 is 11.6 Å². The summed E-state index contributed by atoms with van der Waals surface area (Å²) in [6.07, 6.45) is 0. The zero-order valence-electron chi connectivity index (χ0n) is 6.14. The predicted molar refractivity (Wildman–Crippen MR) is 39.0 cm³/mol. The Kier molecular flexibility index (Phi) is 1.91. The monoisotopic (exact) mass is 157 g/mol. The first-order valence-electron chi connectivity index (χ1n) is 3.24. The van der Waals surface area contributed by atoms with Crippen LogP contribution in [0.15, 0.2) is 24.3 Å². The Hall–Kier alpha value is -0.960. The molecule has 0 heterocycles. The first-order valence-corrected chi connectivity index (χ1v) is 3.24. The van der Waals surface area contributed by atoms with Crippen LogP contribution in [0.1, 0.15) is 12.5 Å². The molecule has 0 fully saturated rings. The van der Waals surface area contributed by atoms with E-state index in [2.05, 4.69) is 0 Å². The van der Waals surface area contributed by atoms with Gasteiger partial charge in [0.1, 0.15) is 5.82 Å². The lowest BCUT2D eigenvalue weighted by Gasteiger charge is -2.13. The fourth-order valence-electron chi connectivity index (χ4n) is 0.776. The largest absolute Gasteiger partial charge is 0.296 e. The minimum Gasteiger partial charge on any atom is -0.296 e. The van der Waals surface area contributed by atoms with Gasteiger partial charge in [-0.3, -0.25) is 5.73 Å². The third-order valence-corrected chi connectivity index (χ3v) is 1.41. The van der Waals surface area contributed by atoms with Crippen LogP contribution in [0.25, 0.3) is 0 Å². The summed E-state index contributed by atoms with van der Waals surface area (Å²) in [5.41, 5.74) is 5.39. The molecular weight excluding hydrogens is 148 g/mol. The van der Waals surface area contributed by atoms with Crippen LogP contribution >= 0.6 is 0 Å². The summed E-state index contributed by atoms with van der Waals surface area (Å²) in [7, 11) is 0. The molecule has 1 atom stereocenters. The van der Waals surface area contributed by atoms with Gasteiger partial charge in [-0.25, -0.2) is 8.78 Å². The van der Waals surface area contributed by atoms with Crippen molar-refractivity contribution >= 4 is 0 Å². The van der Waals surface area contributed by atoms with Gasteiger partial charge in [0.25, 0.3) is 0 Å². The van der Waals surface area contributed by atoms with Crippen molar-refractivity contribution in [3.8, 4) is 0 Å². The second kappa shape index (κ2) is 2.58. The molecule has 1 aromatic rings. The van der Waals surface area contributed by atoms with Gasteiger partial charge in [0.05, 0.1) is 0 Å². The van der Waals surface area contributed by atoms with E-state index >= 15 is 0 Å². The highest BCUT2D eigenvalue weighted by molar-refractivity contribution is 5.20. The molecule has 0 aromatic heterocycles. The lowest BCUT2D eigenvalue weighted by Crippen LogP contribution is -2.26. The van der Waals surface area contributed by atoms with Gasteiger partial charge in [-0.2, -0.15) is 0 Å². The molecule has 11 heavy (non-hydrogen) atoms. The first-order chi connectivity index (χ1) is 5.00. The maximum atomic E-state index is 12.9. The number of hydrogen-bond donors (Lipinski definition) is 1. The van der Waals surface area contributed by atoms with Crippen LogP contribution in [0.3, 0.4) is 0 Å². The minimum absolute atomic E-state index is 0.277.